The van der Waals surface area contributed by atoms with Crippen LogP contribution in [-0.2, 0) is 16.0 Å². The molecule has 2 aromatic carbocycles. The van der Waals surface area contributed by atoms with Crippen LogP contribution in [0.15, 0.2) is 42.7 Å². The van der Waals surface area contributed by atoms with Gasteiger partial charge in [0.25, 0.3) is 0 Å². The average molecular weight is 548 g/mol. The number of rotatable bonds is 7. The minimum absolute atomic E-state index is 0.321. The first-order valence-electron chi connectivity index (χ1n) is 14.3. The van der Waals surface area contributed by atoms with Gasteiger partial charge in [0.05, 0.1) is 52.9 Å². The summed E-state index contributed by atoms with van der Waals surface area (Å²) in [6, 6.07) is 13.3. The van der Waals surface area contributed by atoms with Crippen molar-refractivity contribution < 1.29 is 14.2 Å². The number of ether oxygens (including phenoxy) is 3. The molecule has 4 aromatic rings. The van der Waals surface area contributed by atoms with E-state index in [-0.39, 0.29) is 5.72 Å². The Hall–Kier alpha value is -2.72. The van der Waals surface area contributed by atoms with E-state index >= 15 is 0 Å². The number of hydrogen-bond acceptors (Lipinski definition) is 8. The Morgan fingerprint density at radius 1 is 1.05 bits per heavy atom. The van der Waals surface area contributed by atoms with Gasteiger partial charge in [0.15, 0.2) is 5.13 Å². The standard InChI is InChI=1S/C30H37N5O3S/c1-30(2)35(26-5-3-4-6-27(26)38-30)29-32-23-9-7-21(17-28(23)39-29)19-34-20-31-24-18-22(8-10-25(24)34)37-16-13-33-11-14-36-15-12-33/h7-10,17-18,20,26-27H,3-6,11-16,19H2,1-2H3/t26-,27-/m1/s1. The maximum Gasteiger partial charge on any atom is 0.189 e. The molecule has 0 bridgehead atoms. The van der Waals surface area contributed by atoms with Crippen molar-refractivity contribution in [2.45, 2.75) is 63.9 Å². The Morgan fingerprint density at radius 3 is 2.82 bits per heavy atom. The van der Waals surface area contributed by atoms with Gasteiger partial charge >= 0.3 is 0 Å². The molecule has 1 aliphatic carbocycles. The molecule has 3 aliphatic rings. The fourth-order valence-corrected chi connectivity index (χ4v) is 7.66. The molecule has 39 heavy (non-hydrogen) atoms. The predicted molar refractivity (Wildman–Crippen MR) is 155 cm³/mol. The lowest BCUT2D eigenvalue weighted by atomic mass is 9.92. The molecule has 4 heterocycles. The Labute approximate surface area is 233 Å². The summed E-state index contributed by atoms with van der Waals surface area (Å²) in [7, 11) is 0. The Morgan fingerprint density at radius 2 is 1.92 bits per heavy atom. The monoisotopic (exact) mass is 547 g/mol. The third kappa shape index (κ3) is 5.01. The number of anilines is 1. The molecular formula is C30H37N5O3S. The molecular weight excluding hydrogens is 510 g/mol. The smallest absolute Gasteiger partial charge is 0.189 e. The fraction of sp³-hybridized carbons (Fsp3) is 0.533. The molecule has 7 rings (SSSR count). The number of thiazole rings is 1. The van der Waals surface area contributed by atoms with Crippen LogP contribution in [0.1, 0.15) is 45.1 Å². The third-order valence-corrected chi connectivity index (χ3v) is 9.41. The van der Waals surface area contributed by atoms with Gasteiger partial charge in [-0.25, -0.2) is 9.97 Å². The summed E-state index contributed by atoms with van der Waals surface area (Å²) in [5, 5.41) is 1.08. The first kappa shape index (κ1) is 25.3. The summed E-state index contributed by atoms with van der Waals surface area (Å²) in [6.07, 6.45) is 7.12. The van der Waals surface area contributed by atoms with Crippen molar-refractivity contribution in [1.29, 1.82) is 0 Å². The molecule has 3 fully saturated rings. The minimum atomic E-state index is -0.322. The number of nitrogens with zero attached hydrogens (tertiary/aromatic N) is 5. The van der Waals surface area contributed by atoms with Crippen LogP contribution in [-0.4, -0.2) is 76.8 Å². The molecule has 1 saturated carbocycles. The van der Waals surface area contributed by atoms with Gasteiger partial charge in [-0.05, 0) is 56.5 Å². The highest BCUT2D eigenvalue weighted by Crippen LogP contribution is 2.44. The van der Waals surface area contributed by atoms with Crippen LogP contribution < -0.4 is 9.64 Å². The van der Waals surface area contributed by atoms with Crippen LogP contribution in [0.3, 0.4) is 0 Å². The molecule has 0 amide bonds. The summed E-state index contributed by atoms with van der Waals surface area (Å²) in [6.45, 7) is 10.3. The number of morpholine rings is 1. The van der Waals surface area contributed by atoms with E-state index in [4.69, 9.17) is 19.2 Å². The lowest BCUT2D eigenvalue weighted by Crippen LogP contribution is -2.45. The van der Waals surface area contributed by atoms with Crippen LogP contribution >= 0.6 is 11.3 Å². The fourth-order valence-electron chi connectivity index (χ4n) is 6.44. The Balaban J connectivity index is 1.06. The topological polar surface area (TPSA) is 64.9 Å². The maximum absolute atomic E-state index is 6.47. The van der Waals surface area contributed by atoms with Crippen LogP contribution in [0.5, 0.6) is 5.75 Å². The van der Waals surface area contributed by atoms with E-state index in [9.17, 15) is 0 Å². The molecule has 2 saturated heterocycles. The molecule has 0 radical (unpaired) electrons. The SMILES string of the molecule is CC1(C)O[C@@H]2CCCC[C@H]2N1c1nc2ccc(Cn3cnc4cc(OCCN5CCOCC5)ccc43)cc2s1. The van der Waals surface area contributed by atoms with Crippen molar-refractivity contribution in [3.05, 3.63) is 48.3 Å². The largest absolute Gasteiger partial charge is 0.492 e. The van der Waals surface area contributed by atoms with E-state index in [0.29, 0.717) is 18.8 Å². The predicted octanol–water partition coefficient (Wildman–Crippen LogP) is 5.29. The number of aromatic nitrogens is 3. The zero-order chi connectivity index (χ0) is 26.4. The number of hydrogen-bond donors (Lipinski definition) is 0. The lowest BCUT2D eigenvalue weighted by Gasteiger charge is -2.34. The zero-order valence-electron chi connectivity index (χ0n) is 22.8. The van der Waals surface area contributed by atoms with Crippen molar-refractivity contribution >= 4 is 37.7 Å². The zero-order valence-corrected chi connectivity index (χ0v) is 23.7. The highest BCUT2D eigenvalue weighted by Gasteiger charge is 2.49. The highest BCUT2D eigenvalue weighted by atomic mass is 32.1. The van der Waals surface area contributed by atoms with E-state index in [1.54, 1.807) is 11.3 Å². The molecule has 8 nitrogen and oxygen atoms in total. The minimum Gasteiger partial charge on any atom is -0.492 e. The van der Waals surface area contributed by atoms with Gasteiger partial charge in [0.1, 0.15) is 18.1 Å². The van der Waals surface area contributed by atoms with Gasteiger partial charge < -0.3 is 23.7 Å². The average Bonchev–Trinajstić information content (AvgIpc) is 3.61. The van der Waals surface area contributed by atoms with E-state index in [1.165, 1.54) is 29.5 Å². The van der Waals surface area contributed by atoms with Gasteiger partial charge in [0.2, 0.25) is 0 Å². The molecule has 0 spiro atoms. The van der Waals surface area contributed by atoms with Crippen molar-refractivity contribution in [2.24, 2.45) is 0 Å². The maximum atomic E-state index is 6.47. The van der Waals surface area contributed by atoms with Gasteiger partial charge in [0, 0.05) is 32.2 Å². The van der Waals surface area contributed by atoms with Crippen LogP contribution in [0.25, 0.3) is 21.3 Å². The van der Waals surface area contributed by atoms with E-state index in [2.05, 4.69) is 63.5 Å². The van der Waals surface area contributed by atoms with Crippen molar-refractivity contribution in [2.75, 3.05) is 44.4 Å². The molecule has 2 atom stereocenters. The van der Waals surface area contributed by atoms with E-state index in [0.717, 1.165) is 73.2 Å². The quantitative estimate of drug-likeness (QED) is 0.312. The second-order valence-corrected chi connectivity index (χ2v) is 12.5. The third-order valence-electron chi connectivity index (χ3n) is 8.39. The van der Waals surface area contributed by atoms with Gasteiger partial charge in [-0.2, -0.15) is 0 Å². The molecule has 0 unspecified atom stereocenters. The second kappa shape index (κ2) is 10.4. The summed E-state index contributed by atoms with van der Waals surface area (Å²) in [5.41, 5.74) is 4.05. The molecule has 206 valence electrons. The lowest BCUT2D eigenvalue weighted by molar-refractivity contribution is -0.0243. The summed E-state index contributed by atoms with van der Waals surface area (Å²) >= 11 is 1.79. The summed E-state index contributed by atoms with van der Waals surface area (Å²) in [5.74, 6) is 0.869. The first-order valence-corrected chi connectivity index (χ1v) is 15.1. The Bertz CT molecular complexity index is 1460. The summed E-state index contributed by atoms with van der Waals surface area (Å²) in [4.78, 5) is 14.6. The van der Waals surface area contributed by atoms with Gasteiger partial charge in [-0.15, -0.1) is 0 Å². The normalized spacial score (nSPS) is 23.5. The van der Waals surface area contributed by atoms with Crippen LogP contribution in [0, 0.1) is 0 Å². The number of benzene rings is 2. The van der Waals surface area contributed by atoms with E-state index < -0.39 is 0 Å². The molecule has 0 N–H and O–H groups in total. The van der Waals surface area contributed by atoms with E-state index in [1.807, 2.05) is 12.4 Å². The van der Waals surface area contributed by atoms with Crippen molar-refractivity contribution in [1.82, 2.24) is 19.4 Å². The van der Waals surface area contributed by atoms with Crippen molar-refractivity contribution in [3.63, 3.8) is 0 Å². The second-order valence-electron chi connectivity index (χ2n) is 11.4. The number of fused-ring (bicyclic) bond motifs is 3. The molecule has 2 aliphatic heterocycles. The highest BCUT2D eigenvalue weighted by molar-refractivity contribution is 7.22. The van der Waals surface area contributed by atoms with Crippen LogP contribution in [0.2, 0.25) is 0 Å². The molecule has 9 heteroatoms. The first-order chi connectivity index (χ1) is 19.0. The summed E-state index contributed by atoms with van der Waals surface area (Å²) < 4.78 is 21.4. The van der Waals surface area contributed by atoms with Gasteiger partial charge in [-0.3, -0.25) is 4.90 Å². The molecule has 2 aromatic heterocycles. The van der Waals surface area contributed by atoms with Gasteiger partial charge in [-0.1, -0.05) is 30.2 Å². The number of imidazole rings is 1. The van der Waals surface area contributed by atoms with Crippen LogP contribution in [0.4, 0.5) is 5.13 Å². The Kier molecular flexibility index (Phi) is 6.71. The van der Waals surface area contributed by atoms with Crippen molar-refractivity contribution in [3.8, 4) is 5.75 Å².